The lowest BCUT2D eigenvalue weighted by atomic mass is 9.73. The zero-order valence-electron chi connectivity index (χ0n) is 17.8. The van der Waals surface area contributed by atoms with Gasteiger partial charge in [0.05, 0.1) is 19.8 Å². The number of imide groups is 1. The third-order valence-electron chi connectivity index (χ3n) is 5.96. The number of ether oxygens (including phenoxy) is 2. The molecule has 2 atom stereocenters. The third kappa shape index (κ3) is 3.89. The van der Waals surface area contributed by atoms with Crippen molar-refractivity contribution in [2.75, 3.05) is 26.1 Å². The van der Waals surface area contributed by atoms with Crippen LogP contribution in [-0.4, -0.2) is 61.0 Å². The highest BCUT2D eigenvalue weighted by Crippen LogP contribution is 2.38. The first-order valence-corrected chi connectivity index (χ1v) is 10.7. The van der Waals surface area contributed by atoms with Crippen LogP contribution in [0.15, 0.2) is 0 Å². The summed E-state index contributed by atoms with van der Waals surface area (Å²) < 4.78 is 9.47. The molecule has 2 heterocycles. The topological polar surface area (TPSA) is 131 Å². The van der Waals surface area contributed by atoms with Gasteiger partial charge in [0, 0.05) is 0 Å². The van der Waals surface area contributed by atoms with E-state index in [4.69, 9.17) is 9.47 Å². The quantitative estimate of drug-likeness (QED) is 0.517. The summed E-state index contributed by atoms with van der Waals surface area (Å²) in [5.41, 5.74) is -0.635. The van der Waals surface area contributed by atoms with Gasteiger partial charge in [-0.1, -0.05) is 19.8 Å². The van der Waals surface area contributed by atoms with Crippen LogP contribution in [0.1, 0.15) is 58.2 Å². The standard InChI is InChI=1S/C20H25N3O7S/c1-10-7-5-6-8-20(10)18(27)23(19(28)22-20)9-12(24)21-15-13(16(25)29-3)11(2)14(31-15)17(26)30-4/h10H,5-9H2,1-4H3,(H,21,24)(H,22,28)/t10-,20-/m0/s1. The van der Waals surface area contributed by atoms with Gasteiger partial charge in [0.1, 0.15) is 22.0 Å². The number of hydrogen-bond acceptors (Lipinski definition) is 8. The highest BCUT2D eigenvalue weighted by atomic mass is 32.1. The van der Waals surface area contributed by atoms with Crippen LogP contribution in [-0.2, 0) is 19.1 Å². The maximum Gasteiger partial charge on any atom is 0.348 e. The Balaban J connectivity index is 1.81. The molecule has 168 valence electrons. The molecular weight excluding hydrogens is 426 g/mol. The second kappa shape index (κ2) is 8.66. The van der Waals surface area contributed by atoms with Crippen molar-refractivity contribution in [1.29, 1.82) is 0 Å². The van der Waals surface area contributed by atoms with Crippen LogP contribution in [0.3, 0.4) is 0 Å². The Morgan fingerprint density at radius 1 is 1.19 bits per heavy atom. The summed E-state index contributed by atoms with van der Waals surface area (Å²) in [6.07, 6.45) is 3.17. The number of methoxy groups -OCH3 is 2. The number of nitrogens with one attached hydrogen (secondary N) is 2. The Hall–Kier alpha value is -2.95. The summed E-state index contributed by atoms with van der Waals surface area (Å²) in [4.78, 5) is 63.4. The first-order valence-electron chi connectivity index (χ1n) is 9.90. The molecule has 2 fully saturated rings. The van der Waals surface area contributed by atoms with Crippen molar-refractivity contribution in [1.82, 2.24) is 10.2 Å². The zero-order valence-corrected chi connectivity index (χ0v) is 18.6. The number of amides is 4. The van der Waals surface area contributed by atoms with E-state index in [9.17, 15) is 24.0 Å². The summed E-state index contributed by atoms with van der Waals surface area (Å²) in [6, 6.07) is -0.611. The Morgan fingerprint density at radius 2 is 1.87 bits per heavy atom. The molecule has 0 unspecified atom stereocenters. The van der Waals surface area contributed by atoms with E-state index in [1.54, 1.807) is 0 Å². The lowest BCUT2D eigenvalue weighted by Crippen LogP contribution is -2.54. The van der Waals surface area contributed by atoms with Crippen molar-refractivity contribution in [3.8, 4) is 0 Å². The fourth-order valence-electron chi connectivity index (χ4n) is 4.19. The second-order valence-corrected chi connectivity index (χ2v) is 8.75. The lowest BCUT2D eigenvalue weighted by molar-refractivity contribution is -0.136. The number of esters is 2. The van der Waals surface area contributed by atoms with E-state index < -0.39 is 41.9 Å². The Morgan fingerprint density at radius 3 is 2.48 bits per heavy atom. The second-order valence-electron chi connectivity index (χ2n) is 7.73. The van der Waals surface area contributed by atoms with Gasteiger partial charge in [0.25, 0.3) is 5.91 Å². The lowest BCUT2D eigenvalue weighted by Gasteiger charge is -2.36. The van der Waals surface area contributed by atoms with Crippen LogP contribution in [0.25, 0.3) is 0 Å². The first-order chi connectivity index (χ1) is 14.7. The number of anilines is 1. The van der Waals surface area contributed by atoms with Crippen LogP contribution in [0.5, 0.6) is 0 Å². The zero-order chi connectivity index (χ0) is 22.9. The van der Waals surface area contributed by atoms with Gasteiger partial charge in [-0.05, 0) is 31.2 Å². The molecule has 3 rings (SSSR count). The fraction of sp³-hybridized carbons (Fsp3) is 0.550. The summed E-state index contributed by atoms with van der Waals surface area (Å²) >= 11 is 0.861. The van der Waals surface area contributed by atoms with Crippen LogP contribution in [0.2, 0.25) is 0 Å². The molecule has 1 aliphatic heterocycles. The minimum Gasteiger partial charge on any atom is -0.465 e. The molecule has 2 N–H and O–H groups in total. The summed E-state index contributed by atoms with van der Waals surface area (Å²) in [6.45, 7) is 2.95. The van der Waals surface area contributed by atoms with Gasteiger partial charge in [0.15, 0.2) is 0 Å². The van der Waals surface area contributed by atoms with Crippen molar-refractivity contribution in [3.05, 3.63) is 16.0 Å². The van der Waals surface area contributed by atoms with Gasteiger partial charge in [-0.25, -0.2) is 14.4 Å². The van der Waals surface area contributed by atoms with E-state index in [0.717, 1.165) is 35.5 Å². The number of hydrogen-bond donors (Lipinski definition) is 2. The van der Waals surface area contributed by atoms with E-state index in [-0.39, 0.29) is 21.4 Å². The normalized spacial score (nSPS) is 23.0. The monoisotopic (exact) mass is 451 g/mol. The van der Waals surface area contributed by atoms with Crippen molar-refractivity contribution >= 4 is 46.1 Å². The van der Waals surface area contributed by atoms with Gasteiger partial charge in [-0.15, -0.1) is 11.3 Å². The highest BCUT2D eigenvalue weighted by Gasteiger charge is 2.55. The number of urea groups is 1. The number of nitrogens with zero attached hydrogens (tertiary/aromatic N) is 1. The van der Waals surface area contributed by atoms with E-state index in [0.29, 0.717) is 12.0 Å². The van der Waals surface area contributed by atoms with Crippen molar-refractivity contribution in [2.24, 2.45) is 5.92 Å². The van der Waals surface area contributed by atoms with Crippen LogP contribution in [0.4, 0.5) is 9.80 Å². The van der Waals surface area contributed by atoms with Gasteiger partial charge in [-0.2, -0.15) is 0 Å². The molecule has 2 aliphatic rings. The molecule has 0 bridgehead atoms. The molecule has 1 spiro atoms. The number of carbonyl (C=O) groups excluding carboxylic acids is 5. The molecule has 1 aromatic heterocycles. The summed E-state index contributed by atoms with van der Waals surface area (Å²) in [5.74, 6) is -2.50. The van der Waals surface area contributed by atoms with E-state index >= 15 is 0 Å². The smallest absolute Gasteiger partial charge is 0.348 e. The SMILES string of the molecule is COC(=O)c1sc(NC(=O)CN2C(=O)N[C@]3(CCCC[C@@H]3C)C2=O)c(C(=O)OC)c1C. The van der Waals surface area contributed by atoms with Crippen LogP contribution >= 0.6 is 11.3 Å². The largest absolute Gasteiger partial charge is 0.465 e. The van der Waals surface area contributed by atoms with Gasteiger partial charge in [-0.3, -0.25) is 14.5 Å². The predicted molar refractivity (Wildman–Crippen MR) is 111 cm³/mol. The fourth-order valence-corrected chi connectivity index (χ4v) is 5.31. The van der Waals surface area contributed by atoms with Crippen molar-refractivity contribution in [3.63, 3.8) is 0 Å². The predicted octanol–water partition coefficient (Wildman–Crippen LogP) is 2.07. The molecule has 11 heteroatoms. The Bertz CT molecular complexity index is 957. The Kier molecular flexibility index (Phi) is 6.35. The highest BCUT2D eigenvalue weighted by molar-refractivity contribution is 7.18. The molecule has 4 amide bonds. The molecule has 1 saturated heterocycles. The number of rotatable bonds is 5. The van der Waals surface area contributed by atoms with E-state index in [2.05, 4.69) is 10.6 Å². The van der Waals surface area contributed by atoms with Gasteiger partial charge >= 0.3 is 18.0 Å². The van der Waals surface area contributed by atoms with Gasteiger partial charge < -0.3 is 20.1 Å². The number of carbonyl (C=O) groups is 5. The molecule has 10 nitrogen and oxygen atoms in total. The summed E-state index contributed by atoms with van der Waals surface area (Å²) in [5, 5.41) is 5.41. The molecule has 31 heavy (non-hydrogen) atoms. The maximum absolute atomic E-state index is 13.0. The minimum absolute atomic E-state index is 0.0239. The van der Waals surface area contributed by atoms with Crippen molar-refractivity contribution in [2.45, 2.75) is 45.1 Å². The van der Waals surface area contributed by atoms with E-state index in [1.807, 2.05) is 6.92 Å². The molecule has 0 radical (unpaired) electrons. The molecule has 1 aromatic rings. The molecule has 1 aliphatic carbocycles. The molecular formula is C20H25N3O7S. The third-order valence-corrected chi connectivity index (χ3v) is 7.15. The average Bonchev–Trinajstić information content (AvgIpc) is 3.18. The average molecular weight is 452 g/mol. The number of thiophene rings is 1. The minimum atomic E-state index is -0.968. The maximum atomic E-state index is 13.0. The molecule has 0 aromatic carbocycles. The van der Waals surface area contributed by atoms with E-state index in [1.165, 1.54) is 21.1 Å². The first kappa shape index (κ1) is 22.7. The Labute approximate surface area is 183 Å². The van der Waals surface area contributed by atoms with Crippen molar-refractivity contribution < 1.29 is 33.4 Å². The van der Waals surface area contributed by atoms with Gasteiger partial charge in [0.2, 0.25) is 5.91 Å². The molecule has 1 saturated carbocycles. The van der Waals surface area contributed by atoms with Crippen LogP contribution in [0, 0.1) is 12.8 Å². The summed E-state index contributed by atoms with van der Waals surface area (Å²) in [7, 11) is 2.39. The van der Waals surface area contributed by atoms with Crippen LogP contribution < -0.4 is 10.6 Å².